The molecular weight excluding hydrogens is 369 g/mol. The predicted molar refractivity (Wildman–Crippen MR) is 73.3 cm³/mol. The number of rotatable bonds is 2. The summed E-state index contributed by atoms with van der Waals surface area (Å²) in [7, 11) is 0. The average molecular weight is 381 g/mol. The second kappa shape index (κ2) is 5.67. The summed E-state index contributed by atoms with van der Waals surface area (Å²) in [5.41, 5.74) is 0.386. The first-order chi connectivity index (χ1) is 8.50. The lowest BCUT2D eigenvalue weighted by Gasteiger charge is -2.30. The Morgan fingerprint density at radius 2 is 1.89 bits per heavy atom. The molecular formula is C12H12Br2FNO2. The lowest BCUT2D eigenvalue weighted by atomic mass is 9.93. The van der Waals surface area contributed by atoms with Crippen LogP contribution >= 0.6 is 31.9 Å². The van der Waals surface area contributed by atoms with Crippen LogP contribution in [0.2, 0.25) is 0 Å². The second-order valence-corrected chi connectivity index (χ2v) is 6.00. The highest BCUT2D eigenvalue weighted by Gasteiger charge is 2.30. The molecule has 18 heavy (non-hydrogen) atoms. The Hall–Kier alpha value is -0.460. The van der Waals surface area contributed by atoms with Crippen molar-refractivity contribution in [2.45, 2.75) is 31.7 Å². The van der Waals surface area contributed by atoms with Gasteiger partial charge in [-0.2, -0.15) is 0 Å². The molecule has 0 spiro atoms. The number of anilines is 1. The van der Waals surface area contributed by atoms with E-state index in [2.05, 4.69) is 31.9 Å². The summed E-state index contributed by atoms with van der Waals surface area (Å²) in [6.45, 7) is 0. The van der Waals surface area contributed by atoms with E-state index < -0.39 is 11.9 Å². The molecule has 1 aliphatic carbocycles. The summed E-state index contributed by atoms with van der Waals surface area (Å²) >= 11 is 6.40. The average Bonchev–Trinajstić information content (AvgIpc) is 2.27. The van der Waals surface area contributed by atoms with Crippen molar-refractivity contribution in [1.29, 1.82) is 0 Å². The summed E-state index contributed by atoms with van der Waals surface area (Å²) in [5, 5.41) is 11.1. The smallest absolute Gasteiger partial charge is 0.157 e. The highest BCUT2D eigenvalue weighted by Crippen LogP contribution is 2.37. The quantitative estimate of drug-likeness (QED) is 0.786. The number of ketones is 1. The second-order valence-electron chi connectivity index (χ2n) is 4.29. The van der Waals surface area contributed by atoms with Gasteiger partial charge in [0.1, 0.15) is 11.9 Å². The molecule has 0 aromatic heterocycles. The minimum Gasteiger partial charge on any atom is -0.297 e. The van der Waals surface area contributed by atoms with Gasteiger partial charge in [-0.15, -0.1) is 0 Å². The molecule has 0 heterocycles. The maximum atomic E-state index is 13.2. The van der Waals surface area contributed by atoms with Crippen LogP contribution in [0.3, 0.4) is 0 Å². The van der Waals surface area contributed by atoms with Gasteiger partial charge in [0.15, 0.2) is 5.78 Å². The number of hydroxylamine groups is 1. The molecule has 1 aliphatic rings. The number of carbonyl (C=O) groups excluding carboxylic acids is 1. The first-order valence-electron chi connectivity index (χ1n) is 5.66. The number of hydrogen-bond donors (Lipinski definition) is 1. The molecule has 3 nitrogen and oxygen atoms in total. The zero-order valence-electron chi connectivity index (χ0n) is 9.50. The van der Waals surface area contributed by atoms with Crippen molar-refractivity contribution in [2.24, 2.45) is 0 Å². The number of hydrogen-bond acceptors (Lipinski definition) is 3. The lowest BCUT2D eigenvalue weighted by Crippen LogP contribution is -2.41. The Morgan fingerprint density at radius 1 is 1.28 bits per heavy atom. The molecule has 0 bridgehead atoms. The van der Waals surface area contributed by atoms with Crippen LogP contribution in [0.4, 0.5) is 10.1 Å². The number of benzene rings is 1. The fourth-order valence-electron chi connectivity index (χ4n) is 2.13. The molecule has 1 saturated carbocycles. The number of carbonyl (C=O) groups is 1. The van der Waals surface area contributed by atoms with Gasteiger partial charge in [0.25, 0.3) is 0 Å². The van der Waals surface area contributed by atoms with E-state index in [0.717, 1.165) is 17.9 Å². The zero-order chi connectivity index (χ0) is 13.3. The van der Waals surface area contributed by atoms with E-state index in [0.29, 0.717) is 27.5 Å². The summed E-state index contributed by atoms with van der Waals surface area (Å²) in [6, 6.07) is 1.98. The Kier molecular flexibility index (Phi) is 4.40. The monoisotopic (exact) mass is 379 g/mol. The SMILES string of the molecule is O=C1CCCC[C@H]1N(O)c1c(Br)cc(F)cc1Br. The molecule has 1 aromatic carbocycles. The Morgan fingerprint density at radius 3 is 2.44 bits per heavy atom. The van der Waals surface area contributed by atoms with Crippen LogP contribution in [0.25, 0.3) is 0 Å². The van der Waals surface area contributed by atoms with Crippen LogP contribution in [-0.2, 0) is 4.79 Å². The minimum absolute atomic E-state index is 0.0203. The van der Waals surface area contributed by atoms with E-state index in [1.807, 2.05) is 0 Å². The molecule has 6 heteroatoms. The van der Waals surface area contributed by atoms with Gasteiger partial charge in [-0.05, 0) is 56.8 Å². The van der Waals surface area contributed by atoms with E-state index >= 15 is 0 Å². The van der Waals surface area contributed by atoms with Gasteiger partial charge in [-0.1, -0.05) is 6.42 Å². The molecule has 1 N–H and O–H groups in total. The molecule has 0 amide bonds. The summed E-state index contributed by atoms with van der Waals surface area (Å²) in [6.07, 6.45) is 2.88. The van der Waals surface area contributed by atoms with Crippen LogP contribution in [0, 0.1) is 5.82 Å². The van der Waals surface area contributed by atoms with E-state index in [1.165, 1.54) is 12.1 Å². The molecule has 1 atom stereocenters. The topological polar surface area (TPSA) is 40.5 Å². The van der Waals surface area contributed by atoms with Gasteiger partial charge in [-0.25, -0.2) is 9.45 Å². The fraction of sp³-hybridized carbons (Fsp3) is 0.417. The largest absolute Gasteiger partial charge is 0.297 e. The van der Waals surface area contributed by atoms with Gasteiger partial charge in [0, 0.05) is 15.4 Å². The number of halogens is 3. The molecule has 1 fully saturated rings. The van der Waals surface area contributed by atoms with Gasteiger partial charge in [-0.3, -0.25) is 10.0 Å². The third-order valence-electron chi connectivity index (χ3n) is 3.03. The van der Waals surface area contributed by atoms with Crippen molar-refractivity contribution in [1.82, 2.24) is 0 Å². The van der Waals surface area contributed by atoms with Crippen LogP contribution < -0.4 is 5.06 Å². The molecule has 0 unspecified atom stereocenters. The molecule has 0 saturated heterocycles. The Bertz CT molecular complexity index is 458. The highest BCUT2D eigenvalue weighted by atomic mass is 79.9. The third-order valence-corrected chi connectivity index (χ3v) is 4.24. The Labute approximate surface area is 121 Å². The van der Waals surface area contributed by atoms with Crippen LogP contribution in [0.5, 0.6) is 0 Å². The first-order valence-corrected chi connectivity index (χ1v) is 7.24. The van der Waals surface area contributed by atoms with Gasteiger partial charge in [0.05, 0.1) is 5.69 Å². The molecule has 98 valence electrons. The number of Topliss-reactive ketones (excluding diaryl/α,β-unsaturated/α-hetero) is 1. The molecule has 2 rings (SSSR count). The lowest BCUT2D eigenvalue weighted by molar-refractivity contribution is -0.123. The van der Waals surface area contributed by atoms with Crippen molar-refractivity contribution in [2.75, 3.05) is 5.06 Å². The molecule has 0 radical (unpaired) electrons. The predicted octanol–water partition coefficient (Wildman–Crippen LogP) is 4.06. The van der Waals surface area contributed by atoms with Crippen molar-refractivity contribution in [3.8, 4) is 0 Å². The summed E-state index contributed by atoms with van der Waals surface area (Å²) < 4.78 is 14.0. The molecule has 1 aromatic rings. The van der Waals surface area contributed by atoms with Crippen molar-refractivity contribution in [3.05, 3.63) is 26.9 Å². The zero-order valence-corrected chi connectivity index (χ0v) is 12.7. The first kappa shape index (κ1) is 14.0. The van der Waals surface area contributed by atoms with Crippen molar-refractivity contribution < 1.29 is 14.4 Å². The van der Waals surface area contributed by atoms with E-state index in [1.54, 1.807) is 0 Å². The fourth-order valence-corrected chi connectivity index (χ4v) is 3.63. The number of nitrogens with zero attached hydrogens (tertiary/aromatic N) is 1. The van der Waals surface area contributed by atoms with E-state index in [-0.39, 0.29) is 5.78 Å². The highest BCUT2D eigenvalue weighted by molar-refractivity contribution is 9.11. The van der Waals surface area contributed by atoms with Crippen LogP contribution in [0.1, 0.15) is 25.7 Å². The van der Waals surface area contributed by atoms with Crippen molar-refractivity contribution in [3.63, 3.8) is 0 Å². The van der Waals surface area contributed by atoms with Gasteiger partial charge >= 0.3 is 0 Å². The standard InChI is InChI=1S/C12H12Br2FNO2/c13-8-5-7(15)6-9(14)12(8)16(18)10-3-1-2-4-11(10)17/h5-6,10,18H,1-4H2/t10-/m1/s1. The maximum Gasteiger partial charge on any atom is 0.157 e. The van der Waals surface area contributed by atoms with Crippen LogP contribution in [-0.4, -0.2) is 17.0 Å². The third kappa shape index (κ3) is 2.75. The minimum atomic E-state index is -0.545. The normalized spacial score (nSPS) is 20.0. The molecule has 0 aliphatic heterocycles. The van der Waals surface area contributed by atoms with Gasteiger partial charge in [0.2, 0.25) is 0 Å². The van der Waals surface area contributed by atoms with Crippen LogP contribution in [0.15, 0.2) is 21.1 Å². The summed E-state index contributed by atoms with van der Waals surface area (Å²) in [4.78, 5) is 11.8. The summed E-state index contributed by atoms with van der Waals surface area (Å²) in [5.74, 6) is -0.396. The van der Waals surface area contributed by atoms with Crippen molar-refractivity contribution >= 4 is 43.3 Å². The maximum absolute atomic E-state index is 13.2. The Balaban J connectivity index is 2.33. The van der Waals surface area contributed by atoms with Gasteiger partial charge < -0.3 is 0 Å². The van der Waals surface area contributed by atoms with E-state index in [9.17, 15) is 14.4 Å². The van der Waals surface area contributed by atoms with E-state index in [4.69, 9.17) is 0 Å².